The van der Waals surface area contributed by atoms with Gasteiger partial charge in [0.1, 0.15) is 5.82 Å². The first-order valence-electron chi connectivity index (χ1n) is 5.60. The van der Waals surface area contributed by atoms with Gasteiger partial charge in [-0.15, -0.1) is 11.3 Å². The van der Waals surface area contributed by atoms with Gasteiger partial charge in [-0.25, -0.2) is 4.39 Å². The lowest BCUT2D eigenvalue weighted by Crippen LogP contribution is -2.18. The number of hydrogen-bond acceptors (Lipinski definition) is 2. The molecule has 1 aromatic carbocycles. The summed E-state index contributed by atoms with van der Waals surface area (Å²) in [7, 11) is 1.86. The van der Waals surface area contributed by atoms with Crippen molar-refractivity contribution in [2.24, 2.45) is 0 Å². The molecule has 0 saturated carbocycles. The van der Waals surface area contributed by atoms with Crippen LogP contribution in [-0.4, -0.2) is 7.05 Å². The lowest BCUT2D eigenvalue weighted by atomic mass is 9.98. The van der Waals surface area contributed by atoms with Crippen molar-refractivity contribution in [1.29, 1.82) is 0 Å². The van der Waals surface area contributed by atoms with E-state index >= 15 is 0 Å². The van der Waals surface area contributed by atoms with Gasteiger partial charge in [-0.05, 0) is 43.5 Å². The summed E-state index contributed by atoms with van der Waals surface area (Å²) in [6.07, 6.45) is 0. The molecule has 0 amide bonds. The standard InChI is InChI=1S/C14H16FNS/c1-9-5-4-6-12(13(9)15)14(16-3)11-7-10(2)17-8-11/h4-8,14,16H,1-3H3. The highest BCUT2D eigenvalue weighted by molar-refractivity contribution is 7.10. The molecule has 0 radical (unpaired) electrons. The van der Waals surface area contributed by atoms with Gasteiger partial charge >= 0.3 is 0 Å². The van der Waals surface area contributed by atoms with Crippen LogP contribution < -0.4 is 5.32 Å². The van der Waals surface area contributed by atoms with Crippen molar-refractivity contribution in [1.82, 2.24) is 5.32 Å². The Kier molecular flexibility index (Phi) is 3.60. The van der Waals surface area contributed by atoms with Crippen LogP contribution in [-0.2, 0) is 0 Å². The maximum absolute atomic E-state index is 14.1. The van der Waals surface area contributed by atoms with E-state index in [0.29, 0.717) is 11.1 Å². The Balaban J connectivity index is 2.45. The largest absolute Gasteiger partial charge is 0.309 e. The molecule has 0 aliphatic heterocycles. The van der Waals surface area contributed by atoms with Crippen molar-refractivity contribution in [2.45, 2.75) is 19.9 Å². The third-order valence-electron chi connectivity index (χ3n) is 2.91. The molecule has 1 heterocycles. The van der Waals surface area contributed by atoms with E-state index in [4.69, 9.17) is 0 Å². The summed E-state index contributed by atoms with van der Waals surface area (Å²) in [5.41, 5.74) is 2.53. The monoisotopic (exact) mass is 249 g/mol. The van der Waals surface area contributed by atoms with Crippen molar-refractivity contribution in [3.05, 3.63) is 57.0 Å². The molecule has 2 aromatic rings. The van der Waals surface area contributed by atoms with E-state index in [1.807, 2.05) is 19.2 Å². The minimum Gasteiger partial charge on any atom is -0.309 e. The summed E-state index contributed by atoms with van der Waals surface area (Å²) in [6.45, 7) is 3.86. The topological polar surface area (TPSA) is 12.0 Å². The third-order valence-corrected chi connectivity index (χ3v) is 3.79. The fraction of sp³-hybridized carbons (Fsp3) is 0.286. The van der Waals surface area contributed by atoms with Crippen molar-refractivity contribution < 1.29 is 4.39 Å². The zero-order chi connectivity index (χ0) is 12.4. The van der Waals surface area contributed by atoms with E-state index < -0.39 is 0 Å². The fourth-order valence-electron chi connectivity index (χ4n) is 2.01. The minimum absolute atomic E-state index is 0.0696. The Morgan fingerprint density at radius 3 is 2.65 bits per heavy atom. The number of benzene rings is 1. The Hall–Kier alpha value is -1.19. The molecule has 0 aliphatic rings. The fourth-order valence-corrected chi connectivity index (χ4v) is 2.74. The van der Waals surface area contributed by atoms with Gasteiger partial charge in [0.25, 0.3) is 0 Å². The molecule has 0 aliphatic carbocycles. The average Bonchev–Trinajstić information content (AvgIpc) is 2.72. The molecule has 0 bridgehead atoms. The molecule has 1 nitrogen and oxygen atoms in total. The molecule has 2 rings (SSSR count). The molecule has 90 valence electrons. The molecule has 0 saturated heterocycles. The lowest BCUT2D eigenvalue weighted by molar-refractivity contribution is 0.570. The number of nitrogens with one attached hydrogen (secondary N) is 1. The van der Waals surface area contributed by atoms with Crippen LogP contribution in [0, 0.1) is 19.7 Å². The van der Waals surface area contributed by atoms with Crippen LogP contribution in [0.25, 0.3) is 0 Å². The first-order chi connectivity index (χ1) is 8.13. The van der Waals surface area contributed by atoms with Gasteiger partial charge in [-0.1, -0.05) is 18.2 Å². The van der Waals surface area contributed by atoms with Crippen LogP contribution in [0.2, 0.25) is 0 Å². The molecule has 1 N–H and O–H groups in total. The Morgan fingerprint density at radius 1 is 1.29 bits per heavy atom. The minimum atomic E-state index is -0.115. The van der Waals surface area contributed by atoms with E-state index in [1.54, 1.807) is 24.3 Å². The lowest BCUT2D eigenvalue weighted by Gasteiger charge is -2.17. The van der Waals surface area contributed by atoms with Crippen LogP contribution in [0.1, 0.15) is 27.6 Å². The van der Waals surface area contributed by atoms with Gasteiger partial charge in [-0.3, -0.25) is 0 Å². The highest BCUT2D eigenvalue weighted by atomic mass is 32.1. The molecular weight excluding hydrogens is 233 g/mol. The van der Waals surface area contributed by atoms with Crippen LogP contribution in [0.15, 0.2) is 29.6 Å². The predicted octanol–water partition coefficient (Wildman–Crippen LogP) is 3.81. The van der Waals surface area contributed by atoms with Gasteiger partial charge in [0, 0.05) is 10.4 Å². The second-order valence-corrected chi connectivity index (χ2v) is 5.31. The number of thiophene rings is 1. The van der Waals surface area contributed by atoms with Gasteiger partial charge < -0.3 is 5.32 Å². The number of hydrogen-bond donors (Lipinski definition) is 1. The van der Waals surface area contributed by atoms with Crippen molar-refractivity contribution >= 4 is 11.3 Å². The van der Waals surface area contributed by atoms with Crippen LogP contribution in [0.5, 0.6) is 0 Å². The Bertz CT molecular complexity index is 519. The second kappa shape index (κ2) is 4.98. The summed E-state index contributed by atoms with van der Waals surface area (Å²) < 4.78 is 14.1. The first kappa shape index (κ1) is 12.3. The maximum atomic E-state index is 14.1. The van der Waals surface area contributed by atoms with Gasteiger partial charge in [0.15, 0.2) is 0 Å². The predicted molar refractivity (Wildman–Crippen MR) is 71.1 cm³/mol. The van der Waals surface area contributed by atoms with Gasteiger partial charge in [-0.2, -0.15) is 0 Å². The molecule has 1 atom stereocenters. The first-order valence-corrected chi connectivity index (χ1v) is 6.48. The summed E-state index contributed by atoms with van der Waals surface area (Å²) in [5.74, 6) is -0.115. The third kappa shape index (κ3) is 2.40. The Morgan fingerprint density at radius 2 is 2.06 bits per heavy atom. The zero-order valence-corrected chi connectivity index (χ0v) is 11.1. The SMILES string of the molecule is CNC(c1csc(C)c1)c1cccc(C)c1F. The molecule has 1 aromatic heterocycles. The summed E-state index contributed by atoms with van der Waals surface area (Å²) in [4.78, 5) is 1.24. The highest BCUT2D eigenvalue weighted by Crippen LogP contribution is 2.28. The summed E-state index contributed by atoms with van der Waals surface area (Å²) >= 11 is 1.69. The molecule has 17 heavy (non-hydrogen) atoms. The van der Waals surface area contributed by atoms with Crippen LogP contribution in [0.4, 0.5) is 4.39 Å². The van der Waals surface area contributed by atoms with E-state index in [2.05, 4.69) is 23.7 Å². The van der Waals surface area contributed by atoms with E-state index in [1.165, 1.54) is 4.88 Å². The molecule has 1 unspecified atom stereocenters. The number of halogens is 1. The van der Waals surface area contributed by atoms with E-state index in [-0.39, 0.29) is 11.9 Å². The molecule has 0 fully saturated rings. The average molecular weight is 249 g/mol. The quantitative estimate of drug-likeness (QED) is 0.872. The van der Waals surface area contributed by atoms with E-state index in [9.17, 15) is 4.39 Å². The number of aryl methyl sites for hydroxylation is 2. The maximum Gasteiger partial charge on any atom is 0.131 e. The molecule has 3 heteroatoms. The second-order valence-electron chi connectivity index (χ2n) is 4.19. The van der Waals surface area contributed by atoms with Crippen molar-refractivity contribution in [2.75, 3.05) is 7.05 Å². The van der Waals surface area contributed by atoms with Crippen LogP contribution >= 0.6 is 11.3 Å². The highest BCUT2D eigenvalue weighted by Gasteiger charge is 2.17. The number of rotatable bonds is 3. The molecular formula is C14H16FNS. The van der Waals surface area contributed by atoms with Gasteiger partial charge in [0.05, 0.1) is 6.04 Å². The van der Waals surface area contributed by atoms with E-state index in [0.717, 1.165) is 5.56 Å². The smallest absolute Gasteiger partial charge is 0.131 e. The summed E-state index contributed by atoms with van der Waals surface area (Å²) in [6, 6.07) is 7.58. The normalized spacial score (nSPS) is 12.7. The van der Waals surface area contributed by atoms with Gasteiger partial charge in [0.2, 0.25) is 0 Å². The Labute approximate surface area is 105 Å². The molecule has 0 spiro atoms. The zero-order valence-electron chi connectivity index (χ0n) is 10.3. The van der Waals surface area contributed by atoms with Crippen LogP contribution in [0.3, 0.4) is 0 Å². The summed E-state index contributed by atoms with van der Waals surface area (Å²) in [5, 5.41) is 5.26. The van der Waals surface area contributed by atoms with Crippen molar-refractivity contribution in [3.8, 4) is 0 Å². The van der Waals surface area contributed by atoms with Crippen molar-refractivity contribution in [3.63, 3.8) is 0 Å².